The number of nitrogens with two attached hydrogens (primary N) is 1. The summed E-state index contributed by atoms with van der Waals surface area (Å²) in [4.78, 5) is 0. The van der Waals surface area contributed by atoms with E-state index in [-0.39, 0.29) is 5.25 Å². The molecule has 5 heteroatoms. The fourth-order valence-corrected chi connectivity index (χ4v) is 2.09. The average Bonchev–Trinajstić information content (AvgIpc) is 1.62. The Morgan fingerprint density at radius 1 is 1.75 bits per heavy atom. The van der Waals surface area contributed by atoms with E-state index >= 15 is 0 Å². The molecule has 0 aromatic rings. The normalized spacial score (nSPS) is 16.0. The van der Waals surface area contributed by atoms with E-state index in [1.807, 2.05) is 0 Å². The zero-order valence-corrected chi connectivity index (χ0v) is 7.90. The third kappa shape index (κ3) is 3.04. The fraction of sp³-hybridized carbons (Fsp3) is 1.00. The number of hydrogen-bond acceptors (Lipinski definition) is 2. The molecule has 3 nitrogen and oxygen atoms in total. The molecule has 0 aliphatic heterocycles. The van der Waals surface area contributed by atoms with E-state index in [9.17, 15) is 8.42 Å². The maximum absolute atomic E-state index is 10.4. The maximum atomic E-state index is 10.4. The van der Waals surface area contributed by atoms with Gasteiger partial charge in [-0.1, -0.05) is 0 Å². The van der Waals surface area contributed by atoms with E-state index in [4.69, 9.17) is 5.14 Å². The number of rotatable bonds is 2. The van der Waals surface area contributed by atoms with Gasteiger partial charge in [0.05, 0.1) is 0 Å². The van der Waals surface area contributed by atoms with Gasteiger partial charge in [0.25, 0.3) is 0 Å². The third-order valence-corrected chi connectivity index (χ3v) is 4.41. The standard InChI is InChI=1S/C3H8NO2S.Na/c1-3(2)7(4,5)6;/h3H,1H2,2H3,(H2,4,5,6);. The molecule has 0 heterocycles. The van der Waals surface area contributed by atoms with Crippen molar-refractivity contribution in [2.75, 3.05) is 0 Å². The summed E-state index contributed by atoms with van der Waals surface area (Å²) in [6.07, 6.45) is 0. The summed E-state index contributed by atoms with van der Waals surface area (Å²) in [6.45, 7) is 1.63. The molecule has 1 unspecified atom stereocenters. The zero-order valence-electron chi connectivity index (χ0n) is 5.09. The molecule has 8 heavy (non-hydrogen) atoms. The van der Waals surface area contributed by atoms with E-state index in [0.717, 1.165) is 31.6 Å². The fourth-order valence-electron chi connectivity index (χ4n) is 0.232. The molecule has 44 valence electrons. The van der Waals surface area contributed by atoms with Gasteiger partial charge in [-0.05, 0) is 0 Å². The van der Waals surface area contributed by atoms with Gasteiger partial charge in [-0.25, -0.2) is 0 Å². The minimum absolute atomic E-state index is 0.339. The van der Waals surface area contributed by atoms with Crippen molar-refractivity contribution < 1.29 is 8.42 Å². The van der Waals surface area contributed by atoms with Gasteiger partial charge in [0.15, 0.2) is 0 Å². The summed E-state index contributed by atoms with van der Waals surface area (Å²) in [5.41, 5.74) is 0. The topological polar surface area (TPSA) is 60.2 Å². The molecule has 0 spiro atoms. The Hall–Kier alpha value is 0.910. The predicted octanol–water partition coefficient (Wildman–Crippen LogP) is -0.750. The summed E-state index contributed by atoms with van der Waals surface area (Å²) in [7, 11) is -3.22. The molecule has 0 amide bonds. The van der Waals surface area contributed by atoms with Crippen molar-refractivity contribution in [2.24, 2.45) is 5.14 Å². The van der Waals surface area contributed by atoms with Crippen LogP contribution in [0, 0.1) is 0 Å². The van der Waals surface area contributed by atoms with Crippen LogP contribution in [-0.4, -0.2) is 41.6 Å². The van der Waals surface area contributed by atoms with E-state index in [1.165, 1.54) is 0 Å². The zero-order chi connectivity index (χ0) is 6.78. The van der Waals surface area contributed by atoms with E-state index in [2.05, 4.69) is 0 Å². The Kier molecular flexibility index (Phi) is 3.53. The Labute approximate surface area is 67.1 Å². The Bertz CT molecular complexity index is 153. The van der Waals surface area contributed by atoms with Gasteiger partial charge in [-0.2, -0.15) is 0 Å². The first-order chi connectivity index (χ1) is 3.48. The Balaban J connectivity index is 4.04. The minimum atomic E-state index is -3.22. The molecule has 0 radical (unpaired) electrons. The molecule has 0 fully saturated rings. The van der Waals surface area contributed by atoms with Crippen molar-refractivity contribution in [3.63, 3.8) is 0 Å². The molecule has 0 aromatic heterocycles. The van der Waals surface area contributed by atoms with E-state index < -0.39 is 10.0 Å². The first kappa shape index (κ1) is 8.91. The molecule has 0 aliphatic rings. The van der Waals surface area contributed by atoms with Gasteiger partial charge in [-0.3, -0.25) is 0 Å². The number of primary sulfonamides is 1. The van der Waals surface area contributed by atoms with E-state index in [0.29, 0.717) is 0 Å². The van der Waals surface area contributed by atoms with Crippen molar-refractivity contribution in [3.05, 3.63) is 0 Å². The Morgan fingerprint density at radius 3 is 2.12 bits per heavy atom. The molecule has 0 saturated heterocycles. The SMILES string of the molecule is CC([CH2][Na])S(N)(=O)=O. The molecular formula is C3H8NNaO2S. The molecule has 0 saturated carbocycles. The van der Waals surface area contributed by atoms with Crippen molar-refractivity contribution in [1.82, 2.24) is 0 Å². The van der Waals surface area contributed by atoms with Crippen LogP contribution in [0.4, 0.5) is 0 Å². The van der Waals surface area contributed by atoms with Crippen LogP contribution in [0.5, 0.6) is 0 Å². The van der Waals surface area contributed by atoms with Crippen molar-refractivity contribution in [1.29, 1.82) is 0 Å². The summed E-state index contributed by atoms with van der Waals surface area (Å²) in [5.74, 6) is 0. The van der Waals surface area contributed by atoms with Crippen molar-refractivity contribution in [2.45, 2.75) is 15.8 Å². The van der Waals surface area contributed by atoms with E-state index in [1.54, 1.807) is 6.92 Å². The first-order valence-corrected chi connectivity index (χ1v) is 5.52. The molecule has 2 N–H and O–H groups in total. The summed E-state index contributed by atoms with van der Waals surface area (Å²) in [5, 5.41) is 4.45. The second kappa shape index (κ2) is 3.17. The predicted molar refractivity (Wildman–Crippen MR) is 33.1 cm³/mol. The van der Waals surface area contributed by atoms with Crippen LogP contribution in [0.15, 0.2) is 0 Å². The van der Waals surface area contributed by atoms with Gasteiger partial charge in [0.1, 0.15) is 0 Å². The first-order valence-electron chi connectivity index (χ1n) is 2.50. The second-order valence-electron chi connectivity index (χ2n) is 1.81. The Morgan fingerprint density at radius 2 is 2.12 bits per heavy atom. The van der Waals surface area contributed by atoms with Crippen LogP contribution in [0.1, 0.15) is 6.92 Å². The summed E-state index contributed by atoms with van der Waals surface area (Å²) in [6, 6.07) is 0. The van der Waals surface area contributed by atoms with Crippen molar-refractivity contribution in [3.8, 4) is 0 Å². The molecule has 0 rings (SSSR count). The van der Waals surface area contributed by atoms with Crippen LogP contribution >= 0.6 is 0 Å². The van der Waals surface area contributed by atoms with Crippen molar-refractivity contribution >= 4 is 38.0 Å². The summed E-state index contributed by atoms with van der Waals surface area (Å²) >= 11 is 0.894. The van der Waals surface area contributed by atoms with Gasteiger partial charge in [0.2, 0.25) is 0 Å². The van der Waals surface area contributed by atoms with Crippen LogP contribution in [0.3, 0.4) is 0 Å². The van der Waals surface area contributed by atoms with Gasteiger partial charge in [0, 0.05) is 0 Å². The van der Waals surface area contributed by atoms with Crippen LogP contribution in [0.25, 0.3) is 0 Å². The number of hydrogen-bond donors (Lipinski definition) is 1. The van der Waals surface area contributed by atoms with Crippen LogP contribution in [-0.2, 0) is 10.0 Å². The quantitative estimate of drug-likeness (QED) is 0.520. The van der Waals surface area contributed by atoms with Gasteiger partial charge < -0.3 is 0 Å². The summed E-state index contributed by atoms with van der Waals surface area (Å²) < 4.78 is 21.4. The molecular weight excluding hydrogens is 137 g/mol. The molecule has 1 atom stereocenters. The van der Waals surface area contributed by atoms with Crippen LogP contribution in [0.2, 0.25) is 3.67 Å². The number of sulfonamides is 1. The molecule has 0 aromatic carbocycles. The second-order valence-corrected chi connectivity index (χ2v) is 4.61. The van der Waals surface area contributed by atoms with Gasteiger partial charge in [-0.15, -0.1) is 0 Å². The van der Waals surface area contributed by atoms with Crippen LogP contribution < -0.4 is 5.14 Å². The average molecular weight is 145 g/mol. The van der Waals surface area contributed by atoms with Gasteiger partial charge >= 0.3 is 67.4 Å². The third-order valence-electron chi connectivity index (χ3n) is 1.14. The molecule has 0 aliphatic carbocycles. The monoisotopic (exact) mass is 145 g/mol. The molecule has 0 bridgehead atoms.